The molecule has 0 fully saturated rings. The monoisotopic (exact) mass is 339 g/mol. The highest BCUT2D eigenvalue weighted by atomic mass is 19.1. The Hall–Kier alpha value is -3.48. The first-order valence-electron chi connectivity index (χ1n) is 7.44. The van der Waals surface area contributed by atoms with Crippen molar-refractivity contribution in [1.29, 1.82) is 0 Å². The number of aryl methyl sites for hydroxylation is 1. The van der Waals surface area contributed by atoms with Crippen molar-refractivity contribution in [3.8, 4) is 5.69 Å². The van der Waals surface area contributed by atoms with E-state index in [0.717, 1.165) is 22.4 Å². The van der Waals surface area contributed by atoms with Crippen LogP contribution in [0, 0.1) is 12.7 Å². The number of nitrogens with zero attached hydrogens (tertiary/aromatic N) is 1. The predicted molar refractivity (Wildman–Crippen MR) is 91.7 cm³/mol. The van der Waals surface area contributed by atoms with Crippen LogP contribution in [0.2, 0.25) is 0 Å². The summed E-state index contributed by atoms with van der Waals surface area (Å²) < 4.78 is 14.1. The van der Waals surface area contributed by atoms with Crippen LogP contribution in [-0.2, 0) is 0 Å². The van der Waals surface area contributed by atoms with Crippen molar-refractivity contribution in [2.75, 3.05) is 5.32 Å². The molecule has 2 aromatic carbocycles. The van der Waals surface area contributed by atoms with Gasteiger partial charge in [-0.3, -0.25) is 9.59 Å². The Bertz CT molecular complexity index is 1050. The van der Waals surface area contributed by atoms with Gasteiger partial charge in [-0.05, 0) is 37.3 Å². The number of nitrogens with one attached hydrogen (secondary N) is 2. The van der Waals surface area contributed by atoms with Gasteiger partial charge in [0.2, 0.25) is 0 Å². The second-order valence-corrected chi connectivity index (χ2v) is 5.45. The summed E-state index contributed by atoms with van der Waals surface area (Å²) in [5.74, 6) is -1.26. The summed E-state index contributed by atoms with van der Waals surface area (Å²) in [4.78, 5) is 39.3. The normalized spacial score (nSPS) is 10.5. The zero-order valence-corrected chi connectivity index (χ0v) is 13.2. The van der Waals surface area contributed by atoms with Crippen molar-refractivity contribution in [1.82, 2.24) is 9.55 Å². The molecule has 25 heavy (non-hydrogen) atoms. The van der Waals surface area contributed by atoms with E-state index in [1.165, 1.54) is 18.2 Å². The molecule has 3 aromatic rings. The molecule has 2 N–H and O–H groups in total. The number of aromatic amines is 1. The lowest BCUT2D eigenvalue weighted by atomic mass is 10.2. The van der Waals surface area contributed by atoms with Gasteiger partial charge in [-0.2, -0.15) is 0 Å². The zero-order valence-electron chi connectivity index (χ0n) is 13.2. The molecule has 0 atom stereocenters. The van der Waals surface area contributed by atoms with Gasteiger partial charge in [0.15, 0.2) is 0 Å². The summed E-state index contributed by atoms with van der Waals surface area (Å²) in [6, 6.07) is 12.0. The molecule has 6 nitrogen and oxygen atoms in total. The Labute approximate surface area is 141 Å². The number of rotatable bonds is 3. The quantitative estimate of drug-likeness (QED) is 0.767. The lowest BCUT2D eigenvalue weighted by molar-refractivity contribution is 0.102. The van der Waals surface area contributed by atoms with Crippen molar-refractivity contribution in [2.24, 2.45) is 0 Å². The number of carbonyl (C=O) groups excluding carboxylic acids is 1. The maximum atomic E-state index is 13.2. The van der Waals surface area contributed by atoms with E-state index in [0.29, 0.717) is 5.69 Å². The molecule has 0 saturated heterocycles. The predicted octanol–water partition coefficient (Wildman–Crippen LogP) is 2.23. The molecule has 0 aliphatic carbocycles. The fraction of sp³-hybridized carbons (Fsp3) is 0.0556. The smallest absolute Gasteiger partial charge is 0.322 e. The Kier molecular flexibility index (Phi) is 4.30. The van der Waals surface area contributed by atoms with Gasteiger partial charge < -0.3 is 10.3 Å². The molecule has 0 bridgehead atoms. The Morgan fingerprint density at radius 2 is 1.84 bits per heavy atom. The summed E-state index contributed by atoms with van der Waals surface area (Å²) in [7, 11) is 0. The molecule has 0 saturated carbocycles. The van der Waals surface area contributed by atoms with Crippen molar-refractivity contribution in [3.05, 3.63) is 92.5 Å². The molecule has 0 aliphatic heterocycles. The molecule has 0 unspecified atom stereocenters. The molecular weight excluding hydrogens is 325 g/mol. The number of aromatic nitrogens is 2. The van der Waals surface area contributed by atoms with E-state index in [9.17, 15) is 18.8 Å². The van der Waals surface area contributed by atoms with Crippen LogP contribution in [0.3, 0.4) is 0 Å². The SMILES string of the molecule is Cc1ccc(-n2c(=O)[nH]cc(C(=O)Nc3cccc(F)c3)c2=O)cc1. The van der Waals surface area contributed by atoms with Crippen LogP contribution in [0.25, 0.3) is 5.69 Å². The zero-order chi connectivity index (χ0) is 18.0. The number of amides is 1. The third kappa shape index (κ3) is 3.40. The summed E-state index contributed by atoms with van der Waals surface area (Å²) in [5, 5.41) is 2.43. The van der Waals surface area contributed by atoms with Crippen LogP contribution < -0.4 is 16.6 Å². The minimum atomic E-state index is -0.762. The van der Waals surface area contributed by atoms with Crippen LogP contribution in [0.5, 0.6) is 0 Å². The van der Waals surface area contributed by atoms with Gasteiger partial charge in [0, 0.05) is 11.9 Å². The Morgan fingerprint density at radius 1 is 1.12 bits per heavy atom. The van der Waals surface area contributed by atoms with Crippen LogP contribution in [0.15, 0.2) is 64.3 Å². The number of halogens is 1. The molecule has 1 heterocycles. The van der Waals surface area contributed by atoms with Crippen LogP contribution in [-0.4, -0.2) is 15.5 Å². The maximum absolute atomic E-state index is 13.2. The topological polar surface area (TPSA) is 84.0 Å². The van der Waals surface area contributed by atoms with E-state index in [-0.39, 0.29) is 11.3 Å². The Balaban J connectivity index is 2.02. The molecule has 126 valence electrons. The van der Waals surface area contributed by atoms with Gasteiger partial charge in [0.1, 0.15) is 11.4 Å². The first-order valence-corrected chi connectivity index (χ1v) is 7.44. The highest BCUT2D eigenvalue weighted by Crippen LogP contribution is 2.10. The average Bonchev–Trinajstić information content (AvgIpc) is 2.56. The summed E-state index contributed by atoms with van der Waals surface area (Å²) in [6.45, 7) is 1.87. The van der Waals surface area contributed by atoms with E-state index < -0.39 is 23.0 Å². The molecule has 0 radical (unpaired) electrons. The standard InChI is InChI=1S/C18H14FN3O3/c1-11-5-7-14(8-6-11)22-17(24)15(10-20-18(22)25)16(23)21-13-4-2-3-12(19)9-13/h2-10H,1H3,(H,20,25)(H,21,23). The van der Waals surface area contributed by atoms with Crippen molar-refractivity contribution in [2.45, 2.75) is 6.92 Å². The number of hydrogen-bond donors (Lipinski definition) is 2. The van der Waals surface area contributed by atoms with Gasteiger partial charge in [-0.15, -0.1) is 0 Å². The summed E-state index contributed by atoms with van der Waals surface area (Å²) >= 11 is 0. The lowest BCUT2D eigenvalue weighted by Crippen LogP contribution is -2.38. The van der Waals surface area contributed by atoms with Crippen LogP contribution in [0.1, 0.15) is 15.9 Å². The maximum Gasteiger partial charge on any atom is 0.333 e. The molecule has 0 aliphatic rings. The van der Waals surface area contributed by atoms with E-state index in [1.807, 2.05) is 6.92 Å². The molecule has 1 aromatic heterocycles. The second kappa shape index (κ2) is 6.56. The Morgan fingerprint density at radius 3 is 2.52 bits per heavy atom. The van der Waals surface area contributed by atoms with Gasteiger partial charge >= 0.3 is 5.69 Å². The van der Waals surface area contributed by atoms with Crippen molar-refractivity contribution >= 4 is 11.6 Å². The number of H-pyrrole nitrogens is 1. The van der Waals surface area contributed by atoms with Gasteiger partial charge in [0.05, 0.1) is 5.69 Å². The fourth-order valence-electron chi connectivity index (χ4n) is 2.33. The molecule has 3 rings (SSSR count). The summed E-state index contributed by atoms with van der Waals surface area (Å²) in [5.41, 5.74) is -0.162. The average molecular weight is 339 g/mol. The highest BCUT2D eigenvalue weighted by Gasteiger charge is 2.16. The first-order chi connectivity index (χ1) is 12.0. The third-order valence-corrected chi connectivity index (χ3v) is 3.60. The van der Waals surface area contributed by atoms with Gasteiger partial charge in [-0.25, -0.2) is 13.8 Å². The van der Waals surface area contributed by atoms with E-state index >= 15 is 0 Å². The van der Waals surface area contributed by atoms with E-state index in [4.69, 9.17) is 0 Å². The van der Waals surface area contributed by atoms with E-state index in [2.05, 4.69) is 10.3 Å². The highest BCUT2D eigenvalue weighted by molar-refractivity contribution is 6.03. The first kappa shape index (κ1) is 16.4. The fourth-order valence-corrected chi connectivity index (χ4v) is 2.33. The molecule has 0 spiro atoms. The van der Waals surface area contributed by atoms with Gasteiger partial charge in [-0.1, -0.05) is 23.8 Å². The number of carbonyl (C=O) groups is 1. The minimum Gasteiger partial charge on any atom is -0.322 e. The number of benzene rings is 2. The summed E-state index contributed by atoms with van der Waals surface area (Å²) in [6.07, 6.45) is 1.05. The van der Waals surface area contributed by atoms with Crippen molar-refractivity contribution < 1.29 is 9.18 Å². The van der Waals surface area contributed by atoms with E-state index in [1.54, 1.807) is 24.3 Å². The lowest BCUT2D eigenvalue weighted by Gasteiger charge is -2.08. The second-order valence-electron chi connectivity index (χ2n) is 5.45. The molecule has 1 amide bonds. The molecular formula is C18H14FN3O3. The van der Waals surface area contributed by atoms with Gasteiger partial charge in [0.25, 0.3) is 11.5 Å². The van der Waals surface area contributed by atoms with Crippen LogP contribution in [0.4, 0.5) is 10.1 Å². The number of hydrogen-bond acceptors (Lipinski definition) is 3. The number of anilines is 1. The van der Waals surface area contributed by atoms with Crippen molar-refractivity contribution in [3.63, 3.8) is 0 Å². The van der Waals surface area contributed by atoms with Crippen LogP contribution >= 0.6 is 0 Å². The largest absolute Gasteiger partial charge is 0.333 e. The minimum absolute atomic E-state index is 0.206. The molecule has 7 heteroatoms. The third-order valence-electron chi connectivity index (χ3n) is 3.60.